The molecule has 4 nitrogen and oxygen atoms in total. The van der Waals surface area contributed by atoms with E-state index in [2.05, 4.69) is 0 Å². The Morgan fingerprint density at radius 2 is 1.65 bits per heavy atom. The number of amides is 1. The summed E-state index contributed by atoms with van der Waals surface area (Å²) in [5, 5.41) is 0. The van der Waals surface area contributed by atoms with Gasteiger partial charge in [0.2, 0.25) is 5.91 Å². The maximum atomic E-state index is 12.2. The van der Waals surface area contributed by atoms with Crippen LogP contribution in [-0.2, 0) is 27.4 Å². The molecule has 1 aliphatic heterocycles. The Labute approximate surface area is 136 Å². The Balaban J connectivity index is 1.58. The fourth-order valence-electron chi connectivity index (χ4n) is 2.68. The molecule has 0 N–H and O–H groups in total. The van der Waals surface area contributed by atoms with Gasteiger partial charge in [0.05, 0.1) is 25.9 Å². The summed E-state index contributed by atoms with van der Waals surface area (Å²) >= 11 is 0. The molecule has 4 heteroatoms. The highest BCUT2D eigenvalue weighted by Crippen LogP contribution is 2.14. The van der Waals surface area contributed by atoms with Crippen LogP contribution in [0.15, 0.2) is 60.7 Å². The van der Waals surface area contributed by atoms with Gasteiger partial charge in [-0.1, -0.05) is 60.7 Å². The van der Waals surface area contributed by atoms with Crippen molar-refractivity contribution < 1.29 is 14.3 Å². The van der Waals surface area contributed by atoms with Gasteiger partial charge in [-0.05, 0) is 11.1 Å². The minimum atomic E-state index is -0.0415. The molecule has 0 radical (unpaired) electrons. The first-order valence-corrected chi connectivity index (χ1v) is 7.86. The van der Waals surface area contributed by atoms with Crippen LogP contribution in [0.1, 0.15) is 11.1 Å². The molecule has 1 amide bonds. The van der Waals surface area contributed by atoms with E-state index in [1.807, 2.05) is 65.6 Å². The molecule has 0 saturated carbocycles. The van der Waals surface area contributed by atoms with Crippen LogP contribution < -0.4 is 0 Å². The molecule has 2 aromatic rings. The number of ether oxygens (including phenoxy) is 2. The van der Waals surface area contributed by atoms with E-state index >= 15 is 0 Å². The zero-order valence-electron chi connectivity index (χ0n) is 13.1. The lowest BCUT2D eigenvalue weighted by atomic mass is 10.1. The molecule has 1 heterocycles. The van der Waals surface area contributed by atoms with Crippen molar-refractivity contribution in [1.29, 1.82) is 0 Å². The number of hydrogen-bond donors (Lipinski definition) is 0. The Morgan fingerprint density at radius 1 is 1.00 bits per heavy atom. The molecule has 1 saturated heterocycles. The van der Waals surface area contributed by atoms with Gasteiger partial charge in [-0.15, -0.1) is 0 Å². The SMILES string of the molecule is O=C1COCC(COCc2ccccc2)N1Cc1ccccc1. The highest BCUT2D eigenvalue weighted by molar-refractivity contribution is 5.78. The smallest absolute Gasteiger partial charge is 0.249 e. The number of nitrogens with zero attached hydrogens (tertiary/aromatic N) is 1. The summed E-state index contributed by atoms with van der Waals surface area (Å²) in [6.07, 6.45) is 0. The van der Waals surface area contributed by atoms with Crippen molar-refractivity contribution in [2.75, 3.05) is 19.8 Å². The monoisotopic (exact) mass is 311 g/mol. The van der Waals surface area contributed by atoms with Crippen molar-refractivity contribution >= 4 is 5.91 Å². The first-order chi connectivity index (χ1) is 11.3. The van der Waals surface area contributed by atoms with Crippen molar-refractivity contribution in [3.63, 3.8) is 0 Å². The maximum Gasteiger partial charge on any atom is 0.249 e. The van der Waals surface area contributed by atoms with Gasteiger partial charge in [0.1, 0.15) is 6.61 Å². The first-order valence-electron chi connectivity index (χ1n) is 7.86. The summed E-state index contributed by atoms with van der Waals surface area (Å²) in [7, 11) is 0. The maximum absolute atomic E-state index is 12.2. The van der Waals surface area contributed by atoms with Gasteiger partial charge in [-0.3, -0.25) is 4.79 Å². The van der Waals surface area contributed by atoms with Crippen LogP contribution in [0.2, 0.25) is 0 Å². The van der Waals surface area contributed by atoms with E-state index in [0.29, 0.717) is 26.4 Å². The molecule has 1 unspecified atom stereocenters. The second-order valence-electron chi connectivity index (χ2n) is 5.68. The van der Waals surface area contributed by atoms with Crippen LogP contribution in [-0.4, -0.2) is 36.7 Å². The predicted molar refractivity (Wildman–Crippen MR) is 87.7 cm³/mol. The summed E-state index contributed by atoms with van der Waals surface area (Å²) in [4.78, 5) is 14.1. The average Bonchev–Trinajstić information content (AvgIpc) is 2.60. The van der Waals surface area contributed by atoms with Crippen LogP contribution >= 0.6 is 0 Å². The molecule has 3 rings (SSSR count). The van der Waals surface area contributed by atoms with E-state index in [1.54, 1.807) is 0 Å². The Bertz CT molecular complexity index is 615. The lowest BCUT2D eigenvalue weighted by Crippen LogP contribution is -2.50. The van der Waals surface area contributed by atoms with Gasteiger partial charge >= 0.3 is 0 Å². The standard InChI is InChI=1S/C19H21NO3/c21-19-15-23-14-18(13-22-12-17-9-5-2-6-10-17)20(19)11-16-7-3-1-4-8-16/h1-10,18H,11-15H2. The zero-order chi connectivity index (χ0) is 15.9. The van der Waals surface area contributed by atoms with E-state index in [0.717, 1.165) is 11.1 Å². The summed E-state index contributed by atoms with van der Waals surface area (Å²) in [6, 6.07) is 20.0. The second-order valence-corrected chi connectivity index (χ2v) is 5.68. The minimum Gasteiger partial charge on any atom is -0.375 e. The van der Waals surface area contributed by atoms with Gasteiger partial charge in [0, 0.05) is 6.54 Å². The average molecular weight is 311 g/mol. The molecule has 1 fully saturated rings. The summed E-state index contributed by atoms with van der Waals surface area (Å²) in [6.45, 7) is 2.30. The molecule has 0 spiro atoms. The van der Waals surface area contributed by atoms with Crippen molar-refractivity contribution in [1.82, 2.24) is 4.90 Å². The molecule has 23 heavy (non-hydrogen) atoms. The molecule has 120 valence electrons. The Hall–Kier alpha value is -2.17. The topological polar surface area (TPSA) is 38.8 Å². The summed E-state index contributed by atoms with van der Waals surface area (Å²) in [5.41, 5.74) is 2.25. The molecular weight excluding hydrogens is 290 g/mol. The van der Waals surface area contributed by atoms with Crippen molar-refractivity contribution in [3.05, 3.63) is 71.8 Å². The Morgan fingerprint density at radius 3 is 2.35 bits per heavy atom. The van der Waals surface area contributed by atoms with E-state index in [1.165, 1.54) is 0 Å². The molecule has 0 bridgehead atoms. The van der Waals surface area contributed by atoms with Gasteiger partial charge in [0.15, 0.2) is 0 Å². The minimum absolute atomic E-state index is 0.0217. The number of benzene rings is 2. The predicted octanol–water partition coefficient (Wildman–Crippen LogP) is 2.63. The van der Waals surface area contributed by atoms with Crippen molar-refractivity contribution in [3.8, 4) is 0 Å². The zero-order valence-corrected chi connectivity index (χ0v) is 13.1. The fraction of sp³-hybridized carbons (Fsp3) is 0.316. The highest BCUT2D eigenvalue weighted by atomic mass is 16.5. The van der Waals surface area contributed by atoms with E-state index in [4.69, 9.17) is 9.47 Å². The molecular formula is C19H21NO3. The number of hydrogen-bond acceptors (Lipinski definition) is 3. The third-order valence-corrected chi connectivity index (χ3v) is 3.91. The van der Waals surface area contributed by atoms with Crippen LogP contribution in [0, 0.1) is 0 Å². The lowest BCUT2D eigenvalue weighted by molar-refractivity contribution is -0.152. The molecule has 2 aromatic carbocycles. The third-order valence-electron chi connectivity index (χ3n) is 3.91. The van der Waals surface area contributed by atoms with Crippen LogP contribution in [0.4, 0.5) is 0 Å². The quantitative estimate of drug-likeness (QED) is 0.823. The van der Waals surface area contributed by atoms with Crippen LogP contribution in [0.5, 0.6) is 0 Å². The summed E-state index contributed by atoms with van der Waals surface area (Å²) in [5.74, 6) is 0.0217. The van der Waals surface area contributed by atoms with Crippen molar-refractivity contribution in [2.45, 2.75) is 19.2 Å². The lowest BCUT2D eigenvalue weighted by Gasteiger charge is -2.35. The number of rotatable bonds is 6. The van der Waals surface area contributed by atoms with E-state index < -0.39 is 0 Å². The first kappa shape index (κ1) is 15.7. The largest absolute Gasteiger partial charge is 0.375 e. The van der Waals surface area contributed by atoms with Crippen LogP contribution in [0.25, 0.3) is 0 Å². The second kappa shape index (κ2) is 7.90. The van der Waals surface area contributed by atoms with Gasteiger partial charge in [-0.25, -0.2) is 0 Å². The van der Waals surface area contributed by atoms with Gasteiger partial charge < -0.3 is 14.4 Å². The summed E-state index contributed by atoms with van der Waals surface area (Å²) < 4.78 is 11.2. The van der Waals surface area contributed by atoms with E-state index in [-0.39, 0.29) is 18.6 Å². The van der Waals surface area contributed by atoms with Crippen molar-refractivity contribution in [2.24, 2.45) is 0 Å². The van der Waals surface area contributed by atoms with Gasteiger partial charge in [0.25, 0.3) is 0 Å². The number of carbonyl (C=O) groups excluding carboxylic acids is 1. The third kappa shape index (κ3) is 4.41. The molecule has 1 atom stereocenters. The Kier molecular flexibility index (Phi) is 5.40. The van der Waals surface area contributed by atoms with Crippen LogP contribution in [0.3, 0.4) is 0 Å². The molecule has 1 aliphatic rings. The number of morpholine rings is 1. The molecule has 0 aliphatic carbocycles. The molecule has 0 aromatic heterocycles. The number of carbonyl (C=O) groups is 1. The fourth-order valence-corrected chi connectivity index (χ4v) is 2.68. The highest BCUT2D eigenvalue weighted by Gasteiger charge is 2.28. The van der Waals surface area contributed by atoms with Gasteiger partial charge in [-0.2, -0.15) is 0 Å². The van der Waals surface area contributed by atoms with E-state index in [9.17, 15) is 4.79 Å². The normalized spacial score (nSPS) is 18.2.